The number of hydrogen-bond acceptors (Lipinski definition) is 3. The third-order valence-electron chi connectivity index (χ3n) is 5.15. The molecule has 4 heteroatoms. The number of fused-ring (bicyclic) bond motifs is 1. The molecule has 142 valence electrons. The molecule has 0 aliphatic carbocycles. The van der Waals surface area contributed by atoms with Crippen molar-refractivity contribution < 1.29 is 14.3 Å². The van der Waals surface area contributed by atoms with E-state index in [1.165, 1.54) is 5.56 Å². The van der Waals surface area contributed by atoms with Crippen molar-refractivity contribution in [2.45, 2.75) is 19.1 Å². The van der Waals surface area contributed by atoms with Crippen molar-refractivity contribution in [1.29, 1.82) is 0 Å². The highest BCUT2D eigenvalue weighted by atomic mass is 16.6. The standard InChI is InChI=1S/C24H23NO3/c1-27-21-13-11-20(12-14-21)23-22-10-6-5-9-19(22)15-16-25(23)24(26)28-17-18-7-3-2-4-8-18/h2-14,23H,15-17H2,1H3/t23-/m1/s1. The lowest BCUT2D eigenvalue weighted by Crippen LogP contribution is -2.40. The number of rotatable bonds is 4. The first kappa shape index (κ1) is 18.1. The number of benzene rings is 3. The second-order valence-corrected chi connectivity index (χ2v) is 6.86. The second kappa shape index (κ2) is 8.17. The van der Waals surface area contributed by atoms with E-state index in [1.54, 1.807) is 7.11 Å². The first-order valence-electron chi connectivity index (χ1n) is 9.45. The van der Waals surface area contributed by atoms with Crippen molar-refractivity contribution in [3.63, 3.8) is 0 Å². The van der Waals surface area contributed by atoms with Crippen molar-refractivity contribution >= 4 is 6.09 Å². The van der Waals surface area contributed by atoms with E-state index in [-0.39, 0.29) is 18.7 Å². The SMILES string of the molecule is COc1ccc([C@@H]2c3ccccc3CCN2C(=O)OCc2ccccc2)cc1. The normalized spacial score (nSPS) is 15.6. The summed E-state index contributed by atoms with van der Waals surface area (Å²) in [4.78, 5) is 14.8. The van der Waals surface area contributed by atoms with Crippen LogP contribution in [-0.4, -0.2) is 24.6 Å². The van der Waals surface area contributed by atoms with Gasteiger partial charge in [-0.15, -0.1) is 0 Å². The van der Waals surface area contributed by atoms with Crippen LogP contribution < -0.4 is 4.74 Å². The topological polar surface area (TPSA) is 38.8 Å². The van der Waals surface area contributed by atoms with Crippen LogP contribution in [0.3, 0.4) is 0 Å². The summed E-state index contributed by atoms with van der Waals surface area (Å²) in [7, 11) is 1.65. The number of nitrogens with zero attached hydrogens (tertiary/aromatic N) is 1. The van der Waals surface area contributed by atoms with Gasteiger partial charge in [-0.2, -0.15) is 0 Å². The summed E-state index contributed by atoms with van der Waals surface area (Å²) in [5, 5.41) is 0. The Morgan fingerprint density at radius 1 is 0.964 bits per heavy atom. The maximum Gasteiger partial charge on any atom is 0.410 e. The van der Waals surface area contributed by atoms with Crippen LogP contribution in [0.4, 0.5) is 4.79 Å². The van der Waals surface area contributed by atoms with Gasteiger partial charge in [-0.1, -0.05) is 66.7 Å². The lowest BCUT2D eigenvalue weighted by atomic mass is 9.88. The maximum absolute atomic E-state index is 13.0. The van der Waals surface area contributed by atoms with Gasteiger partial charge >= 0.3 is 6.09 Å². The molecule has 3 aromatic rings. The molecule has 0 bridgehead atoms. The van der Waals surface area contributed by atoms with E-state index >= 15 is 0 Å². The highest BCUT2D eigenvalue weighted by molar-refractivity contribution is 5.70. The number of ether oxygens (including phenoxy) is 2. The van der Waals surface area contributed by atoms with Crippen LogP contribution >= 0.6 is 0 Å². The summed E-state index contributed by atoms with van der Waals surface area (Å²) in [6.07, 6.45) is 0.530. The Morgan fingerprint density at radius 3 is 2.43 bits per heavy atom. The van der Waals surface area contributed by atoms with Crippen LogP contribution in [0.1, 0.15) is 28.3 Å². The van der Waals surface area contributed by atoms with E-state index in [4.69, 9.17) is 9.47 Å². The Kier molecular flexibility index (Phi) is 5.29. The minimum atomic E-state index is -0.292. The predicted molar refractivity (Wildman–Crippen MR) is 108 cm³/mol. The van der Waals surface area contributed by atoms with Crippen molar-refractivity contribution in [3.05, 3.63) is 101 Å². The number of hydrogen-bond donors (Lipinski definition) is 0. The van der Waals surface area contributed by atoms with Gasteiger partial charge < -0.3 is 9.47 Å². The fraction of sp³-hybridized carbons (Fsp3) is 0.208. The molecule has 4 nitrogen and oxygen atoms in total. The van der Waals surface area contributed by atoms with Gasteiger partial charge in [0.1, 0.15) is 12.4 Å². The third kappa shape index (κ3) is 3.72. The summed E-state index contributed by atoms with van der Waals surface area (Å²) < 4.78 is 10.9. The lowest BCUT2D eigenvalue weighted by molar-refractivity contribution is 0.0837. The van der Waals surface area contributed by atoms with Gasteiger partial charge in [0.15, 0.2) is 0 Å². The van der Waals surface area contributed by atoms with Gasteiger partial charge in [-0.05, 0) is 40.8 Å². The molecule has 28 heavy (non-hydrogen) atoms. The molecule has 0 saturated heterocycles. The highest BCUT2D eigenvalue weighted by Gasteiger charge is 2.32. The molecule has 1 heterocycles. The molecule has 0 radical (unpaired) electrons. The molecular weight excluding hydrogens is 350 g/mol. The lowest BCUT2D eigenvalue weighted by Gasteiger charge is -2.37. The van der Waals surface area contributed by atoms with Gasteiger partial charge in [-0.25, -0.2) is 4.79 Å². The minimum Gasteiger partial charge on any atom is -0.497 e. The van der Waals surface area contributed by atoms with E-state index in [2.05, 4.69) is 12.1 Å². The summed E-state index contributed by atoms with van der Waals surface area (Å²) in [5.41, 5.74) is 4.45. The Morgan fingerprint density at radius 2 is 1.68 bits per heavy atom. The molecule has 3 aromatic carbocycles. The average molecular weight is 373 g/mol. The van der Waals surface area contributed by atoms with Crippen molar-refractivity contribution in [1.82, 2.24) is 4.90 Å². The third-order valence-corrected chi connectivity index (χ3v) is 5.15. The van der Waals surface area contributed by atoms with E-state index < -0.39 is 0 Å². The van der Waals surface area contributed by atoms with Gasteiger partial charge in [-0.3, -0.25) is 4.90 Å². The molecule has 0 spiro atoms. The van der Waals surface area contributed by atoms with E-state index in [9.17, 15) is 4.79 Å². The van der Waals surface area contributed by atoms with Crippen LogP contribution in [0.5, 0.6) is 5.75 Å². The zero-order chi connectivity index (χ0) is 19.3. The summed E-state index contributed by atoms with van der Waals surface area (Å²) in [6, 6.07) is 25.8. The van der Waals surface area contributed by atoms with E-state index in [0.29, 0.717) is 6.54 Å². The Labute approximate surface area is 165 Å². The molecule has 0 N–H and O–H groups in total. The molecule has 0 saturated carbocycles. The molecule has 0 unspecified atom stereocenters. The van der Waals surface area contributed by atoms with Crippen LogP contribution in [-0.2, 0) is 17.8 Å². The fourth-order valence-corrected chi connectivity index (χ4v) is 3.71. The first-order valence-corrected chi connectivity index (χ1v) is 9.45. The van der Waals surface area contributed by atoms with E-state index in [1.807, 2.05) is 71.6 Å². The quantitative estimate of drug-likeness (QED) is 0.647. The molecule has 1 atom stereocenters. The largest absolute Gasteiger partial charge is 0.497 e. The molecule has 0 aromatic heterocycles. The smallest absolute Gasteiger partial charge is 0.410 e. The highest BCUT2D eigenvalue weighted by Crippen LogP contribution is 2.36. The maximum atomic E-state index is 13.0. The fourth-order valence-electron chi connectivity index (χ4n) is 3.71. The molecule has 1 aliphatic rings. The summed E-state index contributed by atoms with van der Waals surface area (Å²) in [5.74, 6) is 0.797. The summed E-state index contributed by atoms with van der Waals surface area (Å²) >= 11 is 0. The molecule has 0 fully saturated rings. The molecular formula is C24H23NO3. The number of methoxy groups -OCH3 is 1. The van der Waals surface area contributed by atoms with Crippen molar-refractivity contribution in [3.8, 4) is 5.75 Å². The second-order valence-electron chi connectivity index (χ2n) is 6.86. The van der Waals surface area contributed by atoms with Crippen LogP contribution in [0.25, 0.3) is 0 Å². The Bertz CT molecular complexity index is 938. The zero-order valence-electron chi connectivity index (χ0n) is 15.9. The van der Waals surface area contributed by atoms with Crippen LogP contribution in [0.15, 0.2) is 78.9 Å². The number of amides is 1. The minimum absolute atomic E-state index is 0.167. The van der Waals surface area contributed by atoms with Crippen molar-refractivity contribution in [2.75, 3.05) is 13.7 Å². The summed E-state index contributed by atoms with van der Waals surface area (Å²) in [6.45, 7) is 0.897. The van der Waals surface area contributed by atoms with E-state index in [0.717, 1.165) is 28.9 Å². The van der Waals surface area contributed by atoms with Gasteiger partial charge in [0.05, 0.1) is 13.2 Å². The Balaban J connectivity index is 1.62. The van der Waals surface area contributed by atoms with Crippen molar-refractivity contribution in [2.24, 2.45) is 0 Å². The van der Waals surface area contributed by atoms with Gasteiger partial charge in [0.25, 0.3) is 0 Å². The average Bonchev–Trinajstić information content (AvgIpc) is 2.77. The molecule has 1 amide bonds. The predicted octanol–water partition coefficient (Wildman–Crippen LogP) is 4.98. The van der Waals surface area contributed by atoms with Gasteiger partial charge in [0, 0.05) is 6.54 Å². The molecule has 4 rings (SSSR count). The monoisotopic (exact) mass is 373 g/mol. The number of carbonyl (C=O) groups excluding carboxylic acids is 1. The van der Waals surface area contributed by atoms with Gasteiger partial charge in [0.2, 0.25) is 0 Å². The van der Waals surface area contributed by atoms with Crippen LogP contribution in [0.2, 0.25) is 0 Å². The number of carbonyl (C=O) groups is 1. The Hall–Kier alpha value is -3.27. The zero-order valence-corrected chi connectivity index (χ0v) is 15.9. The first-order chi connectivity index (χ1) is 13.8. The van der Waals surface area contributed by atoms with Crippen LogP contribution in [0, 0.1) is 0 Å². The molecule has 1 aliphatic heterocycles.